The predicted molar refractivity (Wildman–Crippen MR) is 249 cm³/mol. The molecule has 0 radical (unpaired) electrons. The number of imidazole rings is 2. The fourth-order valence-corrected chi connectivity index (χ4v) is 9.29. The van der Waals surface area contributed by atoms with Crippen molar-refractivity contribution in [2.75, 3.05) is 20.1 Å². The van der Waals surface area contributed by atoms with Gasteiger partial charge in [0.1, 0.15) is 23.3 Å². The second-order valence-corrected chi connectivity index (χ2v) is 20.7. The number of likely N-dealkylation sites (N-methyl/N-ethyl adjacent to an activating group) is 1. The number of carboxylic acid groups (broad SMARTS) is 1. The van der Waals surface area contributed by atoms with Crippen LogP contribution in [-0.2, 0) is 14.3 Å². The lowest BCUT2D eigenvalue weighted by Crippen LogP contribution is -2.53. The Morgan fingerprint density at radius 1 is 0.797 bits per heavy atom. The molecule has 4 N–H and O–H groups in total. The Hall–Kier alpha value is -5.66. The summed E-state index contributed by atoms with van der Waals surface area (Å²) < 4.78 is 5.63. The number of aromatic amines is 2. The Kier molecular flexibility index (Phi) is 14.6. The van der Waals surface area contributed by atoms with Gasteiger partial charge in [-0.1, -0.05) is 97.0 Å². The molecule has 6 rings (SSSR count). The number of amides is 4. The van der Waals surface area contributed by atoms with Crippen LogP contribution in [0, 0.1) is 23.2 Å². The van der Waals surface area contributed by atoms with Gasteiger partial charge in [-0.3, -0.25) is 14.5 Å². The van der Waals surface area contributed by atoms with Crippen LogP contribution in [0.1, 0.15) is 131 Å². The van der Waals surface area contributed by atoms with Crippen LogP contribution in [0.2, 0.25) is 0 Å². The zero-order valence-corrected chi connectivity index (χ0v) is 39.7. The van der Waals surface area contributed by atoms with Crippen LogP contribution in [-0.4, -0.2) is 102 Å². The highest BCUT2D eigenvalue weighted by Crippen LogP contribution is 2.38. The van der Waals surface area contributed by atoms with Crippen molar-refractivity contribution in [1.82, 2.24) is 40.0 Å². The number of likely N-dealkylation sites (tertiary alicyclic amines) is 2. The van der Waals surface area contributed by atoms with Gasteiger partial charge in [0.15, 0.2) is 0 Å². The van der Waals surface area contributed by atoms with Crippen LogP contribution in [0.3, 0.4) is 0 Å². The van der Waals surface area contributed by atoms with E-state index >= 15 is 0 Å². The summed E-state index contributed by atoms with van der Waals surface area (Å²) in [6, 6.07) is 14.9. The maximum Gasteiger partial charge on any atom is 0.410 e. The van der Waals surface area contributed by atoms with Crippen molar-refractivity contribution in [3.05, 3.63) is 72.6 Å². The number of ether oxygens (including phenoxy) is 1. The molecule has 1 unspecified atom stereocenters. The number of hydrogen-bond acceptors (Lipinski definition) is 7. The van der Waals surface area contributed by atoms with E-state index in [0.29, 0.717) is 25.9 Å². The SMILES string of the molecule is CC(C)C[C@H](C(=O)N1CCC[C@H]1c1ncc(-c2ccc(-c3ccc(-c4c[nH]c([C@@H]5CCCN5C(=O)[C@H](CC(C)C)N(C)C(=O)OC(C)(C)C)n4)cc3)cc2)[nH]1)C(NC(=O)O)C(C)(C)C. The van der Waals surface area contributed by atoms with Gasteiger partial charge in [0, 0.05) is 37.9 Å². The van der Waals surface area contributed by atoms with Crippen molar-refractivity contribution < 1.29 is 29.0 Å². The molecule has 2 aliphatic rings. The van der Waals surface area contributed by atoms with Gasteiger partial charge in [-0.15, -0.1) is 0 Å². The third kappa shape index (κ3) is 11.3. The average molecular weight is 879 g/mol. The smallest absolute Gasteiger partial charge is 0.410 e. The normalized spacial score (nSPS) is 18.3. The van der Waals surface area contributed by atoms with E-state index in [9.17, 15) is 24.3 Å². The molecule has 0 aliphatic carbocycles. The molecule has 4 aromatic rings. The van der Waals surface area contributed by atoms with Crippen LogP contribution >= 0.6 is 0 Å². The number of rotatable bonds is 14. The van der Waals surface area contributed by atoms with E-state index in [1.165, 1.54) is 4.90 Å². The van der Waals surface area contributed by atoms with E-state index in [0.717, 1.165) is 71.0 Å². The zero-order valence-electron chi connectivity index (χ0n) is 39.7. The van der Waals surface area contributed by atoms with Crippen molar-refractivity contribution in [2.24, 2.45) is 23.2 Å². The number of benzene rings is 2. The van der Waals surface area contributed by atoms with Gasteiger partial charge < -0.3 is 34.9 Å². The molecule has 0 saturated carbocycles. The Balaban J connectivity index is 1.12. The minimum atomic E-state index is -1.12. The van der Waals surface area contributed by atoms with Crippen LogP contribution in [0.4, 0.5) is 9.59 Å². The first kappa shape index (κ1) is 47.8. The second kappa shape index (κ2) is 19.6. The molecule has 5 atom stereocenters. The number of hydrogen-bond donors (Lipinski definition) is 4. The fraction of sp³-hybridized carbons (Fsp3) is 0.560. The lowest BCUT2D eigenvalue weighted by atomic mass is 9.75. The molecule has 2 aromatic heterocycles. The third-order valence-electron chi connectivity index (χ3n) is 12.4. The third-order valence-corrected chi connectivity index (χ3v) is 12.4. The van der Waals surface area contributed by atoms with Crippen LogP contribution in [0.25, 0.3) is 33.6 Å². The molecule has 14 heteroatoms. The number of nitrogens with one attached hydrogen (secondary N) is 3. The first-order valence-electron chi connectivity index (χ1n) is 23.0. The Bertz CT molecular complexity index is 2230. The Morgan fingerprint density at radius 3 is 1.86 bits per heavy atom. The number of aromatic nitrogens is 4. The fourth-order valence-electron chi connectivity index (χ4n) is 9.29. The summed E-state index contributed by atoms with van der Waals surface area (Å²) in [4.78, 5) is 75.2. The van der Waals surface area contributed by atoms with Gasteiger partial charge >= 0.3 is 12.2 Å². The monoisotopic (exact) mass is 879 g/mol. The summed E-state index contributed by atoms with van der Waals surface area (Å²) in [6.45, 7) is 20.8. The number of carbonyl (C=O) groups excluding carboxylic acids is 3. The molecule has 0 spiro atoms. The molecule has 4 heterocycles. The number of H-pyrrole nitrogens is 2. The van der Waals surface area contributed by atoms with Crippen molar-refractivity contribution in [3.63, 3.8) is 0 Å². The summed E-state index contributed by atoms with van der Waals surface area (Å²) >= 11 is 0. The van der Waals surface area contributed by atoms with Crippen molar-refractivity contribution in [2.45, 2.75) is 138 Å². The van der Waals surface area contributed by atoms with Gasteiger partial charge in [-0.2, -0.15) is 0 Å². The highest BCUT2D eigenvalue weighted by Gasteiger charge is 2.44. The molecular formula is C50H70N8O6. The first-order valence-corrected chi connectivity index (χ1v) is 23.0. The Labute approximate surface area is 379 Å². The molecule has 2 fully saturated rings. The van der Waals surface area contributed by atoms with Crippen molar-refractivity contribution in [3.8, 4) is 33.6 Å². The van der Waals surface area contributed by atoms with Crippen LogP contribution in [0.15, 0.2) is 60.9 Å². The quantitative estimate of drug-likeness (QED) is 0.0967. The lowest BCUT2D eigenvalue weighted by Gasteiger charge is -2.39. The van der Waals surface area contributed by atoms with E-state index in [1.54, 1.807) is 7.05 Å². The molecule has 4 amide bonds. The van der Waals surface area contributed by atoms with Gasteiger partial charge in [0.25, 0.3) is 0 Å². The molecule has 14 nitrogen and oxygen atoms in total. The van der Waals surface area contributed by atoms with E-state index in [4.69, 9.17) is 14.7 Å². The zero-order chi connectivity index (χ0) is 46.7. The van der Waals surface area contributed by atoms with E-state index in [-0.39, 0.29) is 35.7 Å². The average Bonchev–Trinajstić information content (AvgIpc) is 4.06. The summed E-state index contributed by atoms with van der Waals surface area (Å²) in [6.07, 6.45) is 6.43. The van der Waals surface area contributed by atoms with Gasteiger partial charge in [-0.25, -0.2) is 19.6 Å². The molecule has 64 heavy (non-hydrogen) atoms. The topological polar surface area (TPSA) is 177 Å². The van der Waals surface area contributed by atoms with E-state index in [1.807, 2.05) is 63.7 Å². The van der Waals surface area contributed by atoms with Gasteiger partial charge in [0.05, 0.1) is 35.6 Å². The minimum Gasteiger partial charge on any atom is -0.465 e. The van der Waals surface area contributed by atoms with Gasteiger partial charge in [-0.05, 0) is 93.2 Å². The highest BCUT2D eigenvalue weighted by atomic mass is 16.6. The molecule has 2 aliphatic heterocycles. The molecule has 346 valence electrons. The standard InChI is InChI=1S/C50H70N8O6/c1-30(2)26-36(42(49(5,6)7)55-47(61)62)45(59)57-24-12-14-39(57)43-51-28-37(53-43)34-20-16-32(17-21-34)33-18-22-35(23-19-33)38-29-52-44(54-38)40-15-13-25-58(40)46(60)41(27-31(3)4)56(11)48(63)64-50(8,9)10/h16-23,28-31,36,39-42,55H,12-15,24-27H2,1-11H3,(H,51,53)(H,52,54)(H,61,62)/t36-,39-,40-,41-,42?/m0/s1. The van der Waals surface area contributed by atoms with Crippen molar-refractivity contribution >= 4 is 24.0 Å². The summed E-state index contributed by atoms with van der Waals surface area (Å²) in [5.74, 6) is 1.25. The second-order valence-electron chi connectivity index (χ2n) is 20.7. The maximum atomic E-state index is 14.3. The molecule has 2 aromatic carbocycles. The summed E-state index contributed by atoms with van der Waals surface area (Å²) in [5, 5.41) is 12.4. The van der Waals surface area contributed by atoms with Crippen LogP contribution < -0.4 is 5.32 Å². The van der Waals surface area contributed by atoms with E-state index in [2.05, 4.69) is 91.5 Å². The summed E-state index contributed by atoms with van der Waals surface area (Å²) in [7, 11) is 1.65. The minimum absolute atomic E-state index is 0.0324. The van der Waals surface area contributed by atoms with E-state index < -0.39 is 41.2 Å². The number of nitrogens with zero attached hydrogens (tertiary/aromatic N) is 5. The predicted octanol–water partition coefficient (Wildman–Crippen LogP) is 10.1. The molecule has 0 bridgehead atoms. The van der Waals surface area contributed by atoms with Crippen LogP contribution in [0.5, 0.6) is 0 Å². The van der Waals surface area contributed by atoms with Crippen molar-refractivity contribution in [1.29, 1.82) is 0 Å². The Morgan fingerprint density at radius 2 is 1.33 bits per heavy atom. The first-order chi connectivity index (χ1) is 30.1. The molecule has 2 saturated heterocycles. The van der Waals surface area contributed by atoms with Gasteiger partial charge in [0.2, 0.25) is 11.8 Å². The number of carbonyl (C=O) groups is 4. The summed E-state index contributed by atoms with van der Waals surface area (Å²) in [5.41, 5.74) is 4.56. The largest absolute Gasteiger partial charge is 0.465 e. The maximum absolute atomic E-state index is 14.3. The highest BCUT2D eigenvalue weighted by molar-refractivity contribution is 5.86. The lowest BCUT2D eigenvalue weighted by molar-refractivity contribution is -0.139. The molecular weight excluding hydrogens is 809 g/mol.